The maximum atomic E-state index is 6.07. The summed E-state index contributed by atoms with van der Waals surface area (Å²) in [5, 5.41) is 3.79. The van der Waals surface area contributed by atoms with E-state index >= 15 is 0 Å². The van der Waals surface area contributed by atoms with Gasteiger partial charge in [0.1, 0.15) is 0 Å². The molecule has 1 fully saturated rings. The molecule has 1 aliphatic rings. The molecule has 1 N–H and O–H groups in total. The summed E-state index contributed by atoms with van der Waals surface area (Å²) in [7, 11) is 1.77. The summed E-state index contributed by atoms with van der Waals surface area (Å²) in [5.74, 6) is 0. The normalized spacial score (nSPS) is 22.9. The first kappa shape index (κ1) is 16.5. The molecule has 2 unspecified atom stereocenters. The smallest absolute Gasteiger partial charge is 0.0692 e. The molecule has 1 saturated heterocycles. The van der Waals surface area contributed by atoms with Gasteiger partial charge < -0.3 is 14.8 Å². The summed E-state index contributed by atoms with van der Waals surface area (Å²) in [6.45, 7) is 6.02. The standard InChI is InChI=1S/C18H29NO2/c1-4-18(5-2)13-16(11-12-21-18)19-17(14-20-3)15-9-7-6-8-10-15/h6-10,16-17,19H,4-5,11-14H2,1-3H3. The molecule has 0 aromatic heterocycles. The maximum absolute atomic E-state index is 6.07. The van der Waals surface area contributed by atoms with Crippen molar-refractivity contribution in [2.45, 2.75) is 57.2 Å². The Labute approximate surface area is 129 Å². The Morgan fingerprint density at radius 2 is 2.00 bits per heavy atom. The number of nitrogens with one attached hydrogen (secondary N) is 1. The predicted octanol–water partition coefficient (Wildman–Crippen LogP) is 3.70. The molecule has 21 heavy (non-hydrogen) atoms. The van der Waals surface area contributed by atoms with Gasteiger partial charge in [0.05, 0.1) is 18.2 Å². The molecule has 2 atom stereocenters. The Morgan fingerprint density at radius 3 is 2.62 bits per heavy atom. The summed E-state index contributed by atoms with van der Waals surface area (Å²) < 4.78 is 11.5. The number of ether oxygens (including phenoxy) is 2. The highest BCUT2D eigenvalue weighted by molar-refractivity contribution is 5.19. The van der Waals surface area contributed by atoms with Crippen LogP contribution in [0.3, 0.4) is 0 Å². The van der Waals surface area contributed by atoms with Gasteiger partial charge in [0.15, 0.2) is 0 Å². The number of hydrogen-bond acceptors (Lipinski definition) is 3. The van der Waals surface area contributed by atoms with E-state index in [4.69, 9.17) is 9.47 Å². The van der Waals surface area contributed by atoms with Crippen molar-refractivity contribution >= 4 is 0 Å². The first-order valence-corrected chi connectivity index (χ1v) is 8.17. The van der Waals surface area contributed by atoms with Crippen LogP contribution in [0, 0.1) is 0 Å². The van der Waals surface area contributed by atoms with E-state index in [0.29, 0.717) is 12.6 Å². The van der Waals surface area contributed by atoms with Gasteiger partial charge >= 0.3 is 0 Å². The van der Waals surface area contributed by atoms with Gasteiger partial charge in [-0.25, -0.2) is 0 Å². The molecule has 0 bridgehead atoms. The number of benzene rings is 1. The van der Waals surface area contributed by atoms with Crippen molar-refractivity contribution in [1.29, 1.82) is 0 Å². The zero-order valence-electron chi connectivity index (χ0n) is 13.6. The first-order chi connectivity index (χ1) is 10.2. The van der Waals surface area contributed by atoms with Gasteiger partial charge in [0.25, 0.3) is 0 Å². The summed E-state index contributed by atoms with van der Waals surface area (Å²) in [6, 6.07) is 11.3. The molecule has 2 rings (SSSR count). The summed E-state index contributed by atoms with van der Waals surface area (Å²) in [4.78, 5) is 0. The Hall–Kier alpha value is -0.900. The van der Waals surface area contributed by atoms with E-state index in [2.05, 4.69) is 49.5 Å². The number of hydrogen-bond donors (Lipinski definition) is 1. The Morgan fingerprint density at radius 1 is 1.29 bits per heavy atom. The van der Waals surface area contributed by atoms with Gasteiger partial charge in [0, 0.05) is 19.8 Å². The number of methoxy groups -OCH3 is 1. The molecule has 1 heterocycles. The lowest BCUT2D eigenvalue weighted by atomic mass is 9.85. The van der Waals surface area contributed by atoms with Crippen LogP contribution in [0.2, 0.25) is 0 Å². The van der Waals surface area contributed by atoms with Crippen LogP contribution in [0.4, 0.5) is 0 Å². The average Bonchev–Trinajstić information content (AvgIpc) is 2.55. The van der Waals surface area contributed by atoms with Crippen LogP contribution in [-0.4, -0.2) is 32.0 Å². The highest BCUT2D eigenvalue weighted by Crippen LogP contribution is 2.32. The van der Waals surface area contributed by atoms with Gasteiger partial charge in [-0.2, -0.15) is 0 Å². The molecule has 3 nitrogen and oxygen atoms in total. The van der Waals surface area contributed by atoms with E-state index in [1.807, 2.05) is 0 Å². The summed E-state index contributed by atoms with van der Waals surface area (Å²) in [5.41, 5.74) is 1.36. The molecule has 1 aromatic carbocycles. The Balaban J connectivity index is 2.03. The van der Waals surface area contributed by atoms with E-state index < -0.39 is 0 Å². The lowest BCUT2D eigenvalue weighted by Crippen LogP contribution is -2.48. The molecule has 3 heteroatoms. The van der Waals surface area contributed by atoms with Crippen molar-refractivity contribution in [3.05, 3.63) is 35.9 Å². The lowest BCUT2D eigenvalue weighted by Gasteiger charge is -2.41. The maximum Gasteiger partial charge on any atom is 0.0692 e. The Kier molecular flexibility index (Phi) is 6.22. The zero-order valence-corrected chi connectivity index (χ0v) is 13.6. The fourth-order valence-electron chi connectivity index (χ4n) is 3.29. The fourth-order valence-corrected chi connectivity index (χ4v) is 3.29. The molecule has 1 aliphatic heterocycles. The third-order valence-corrected chi connectivity index (χ3v) is 4.75. The van der Waals surface area contributed by atoms with Gasteiger partial charge in [-0.15, -0.1) is 0 Å². The monoisotopic (exact) mass is 291 g/mol. The molecule has 0 aliphatic carbocycles. The van der Waals surface area contributed by atoms with Gasteiger partial charge in [-0.3, -0.25) is 0 Å². The molecular weight excluding hydrogens is 262 g/mol. The van der Waals surface area contributed by atoms with Crippen LogP contribution in [0.25, 0.3) is 0 Å². The quantitative estimate of drug-likeness (QED) is 0.831. The minimum Gasteiger partial charge on any atom is -0.383 e. The average molecular weight is 291 g/mol. The van der Waals surface area contributed by atoms with Crippen LogP contribution < -0.4 is 5.32 Å². The molecule has 0 amide bonds. The second-order valence-electron chi connectivity index (χ2n) is 6.01. The van der Waals surface area contributed by atoms with Crippen molar-refractivity contribution in [2.75, 3.05) is 20.3 Å². The second kappa shape index (κ2) is 7.92. The SMILES string of the molecule is CCC1(CC)CC(NC(COC)c2ccccc2)CCO1. The van der Waals surface area contributed by atoms with Crippen molar-refractivity contribution in [2.24, 2.45) is 0 Å². The molecule has 0 saturated carbocycles. The summed E-state index contributed by atoms with van der Waals surface area (Å²) >= 11 is 0. The van der Waals surface area contributed by atoms with Gasteiger partial charge in [0.2, 0.25) is 0 Å². The van der Waals surface area contributed by atoms with Crippen molar-refractivity contribution in [3.8, 4) is 0 Å². The van der Waals surface area contributed by atoms with Crippen molar-refractivity contribution < 1.29 is 9.47 Å². The first-order valence-electron chi connectivity index (χ1n) is 8.17. The molecular formula is C18H29NO2. The Bertz CT molecular complexity index is 403. The highest BCUT2D eigenvalue weighted by atomic mass is 16.5. The minimum atomic E-state index is 0.0597. The fraction of sp³-hybridized carbons (Fsp3) is 0.667. The predicted molar refractivity (Wildman–Crippen MR) is 86.5 cm³/mol. The second-order valence-corrected chi connectivity index (χ2v) is 6.01. The van der Waals surface area contributed by atoms with Crippen LogP contribution in [-0.2, 0) is 9.47 Å². The largest absolute Gasteiger partial charge is 0.383 e. The van der Waals surface area contributed by atoms with E-state index in [1.54, 1.807) is 7.11 Å². The van der Waals surface area contributed by atoms with Gasteiger partial charge in [-0.05, 0) is 31.2 Å². The van der Waals surface area contributed by atoms with Crippen LogP contribution in [0.15, 0.2) is 30.3 Å². The minimum absolute atomic E-state index is 0.0597. The molecule has 0 spiro atoms. The van der Waals surface area contributed by atoms with E-state index in [0.717, 1.165) is 32.3 Å². The van der Waals surface area contributed by atoms with Gasteiger partial charge in [-0.1, -0.05) is 44.2 Å². The molecule has 118 valence electrons. The van der Waals surface area contributed by atoms with Crippen molar-refractivity contribution in [1.82, 2.24) is 5.32 Å². The zero-order chi connectivity index (χ0) is 15.1. The topological polar surface area (TPSA) is 30.5 Å². The van der Waals surface area contributed by atoms with Crippen LogP contribution >= 0.6 is 0 Å². The number of rotatable bonds is 7. The van der Waals surface area contributed by atoms with Crippen LogP contribution in [0.5, 0.6) is 0 Å². The van der Waals surface area contributed by atoms with E-state index in [-0.39, 0.29) is 11.6 Å². The molecule has 1 aromatic rings. The van der Waals surface area contributed by atoms with E-state index in [9.17, 15) is 0 Å². The van der Waals surface area contributed by atoms with Crippen LogP contribution in [0.1, 0.15) is 51.1 Å². The lowest BCUT2D eigenvalue weighted by molar-refractivity contribution is -0.0948. The summed E-state index contributed by atoms with van der Waals surface area (Å²) in [6.07, 6.45) is 4.34. The van der Waals surface area contributed by atoms with E-state index in [1.165, 1.54) is 5.56 Å². The third-order valence-electron chi connectivity index (χ3n) is 4.75. The highest BCUT2D eigenvalue weighted by Gasteiger charge is 2.35. The molecule has 0 radical (unpaired) electrons. The third kappa shape index (κ3) is 4.29. The van der Waals surface area contributed by atoms with Crippen molar-refractivity contribution in [3.63, 3.8) is 0 Å².